The van der Waals surface area contributed by atoms with Gasteiger partial charge in [0.25, 0.3) is 0 Å². The van der Waals surface area contributed by atoms with Gasteiger partial charge < -0.3 is 21.3 Å². The van der Waals surface area contributed by atoms with Crippen molar-refractivity contribution in [1.82, 2.24) is 4.31 Å². The third-order valence-corrected chi connectivity index (χ3v) is 4.75. The molecule has 0 heterocycles. The molecule has 0 saturated heterocycles. The zero-order chi connectivity index (χ0) is 15.6. The standard InChI is InChI=1S/C12H21N3O4S/c1-12(7-16,8-17)14-11-5-4-9(6-10(11)13)20(18,19)15(2)3/h4-6,14,16-17H,7-8,13H2,1-3H3. The molecule has 0 amide bonds. The lowest BCUT2D eigenvalue weighted by Crippen LogP contribution is -2.42. The first kappa shape index (κ1) is 16.7. The van der Waals surface area contributed by atoms with Crippen molar-refractivity contribution >= 4 is 21.4 Å². The van der Waals surface area contributed by atoms with Crippen LogP contribution in [0.2, 0.25) is 0 Å². The summed E-state index contributed by atoms with van der Waals surface area (Å²) in [7, 11) is -0.671. The minimum atomic E-state index is -3.54. The van der Waals surface area contributed by atoms with Gasteiger partial charge in [-0.25, -0.2) is 12.7 Å². The van der Waals surface area contributed by atoms with E-state index in [9.17, 15) is 18.6 Å². The number of rotatable bonds is 6. The second-order valence-electron chi connectivity index (χ2n) is 5.04. The molecule has 0 aliphatic carbocycles. The van der Waals surface area contributed by atoms with Crippen LogP contribution >= 0.6 is 0 Å². The Bertz CT molecular complexity index is 568. The number of nitrogens with two attached hydrogens (primary N) is 1. The zero-order valence-electron chi connectivity index (χ0n) is 11.8. The number of anilines is 2. The Morgan fingerprint density at radius 3 is 2.25 bits per heavy atom. The molecule has 0 bridgehead atoms. The van der Waals surface area contributed by atoms with Crippen LogP contribution in [0.1, 0.15) is 6.92 Å². The molecule has 0 saturated carbocycles. The van der Waals surface area contributed by atoms with E-state index in [1.165, 1.54) is 32.3 Å². The number of nitrogen functional groups attached to an aromatic ring is 1. The zero-order valence-corrected chi connectivity index (χ0v) is 12.6. The lowest BCUT2D eigenvalue weighted by atomic mass is 10.0. The Hall–Kier alpha value is -1.35. The third-order valence-electron chi connectivity index (χ3n) is 2.94. The van der Waals surface area contributed by atoms with Gasteiger partial charge in [0.1, 0.15) is 0 Å². The van der Waals surface area contributed by atoms with Crippen LogP contribution in [0.15, 0.2) is 23.1 Å². The number of aliphatic hydroxyl groups is 2. The van der Waals surface area contributed by atoms with Crippen molar-refractivity contribution in [2.24, 2.45) is 0 Å². The van der Waals surface area contributed by atoms with Gasteiger partial charge in [0, 0.05) is 14.1 Å². The number of benzene rings is 1. The highest BCUT2D eigenvalue weighted by molar-refractivity contribution is 7.89. The summed E-state index contributed by atoms with van der Waals surface area (Å²) < 4.78 is 25.0. The second-order valence-corrected chi connectivity index (χ2v) is 7.19. The van der Waals surface area contributed by atoms with Gasteiger partial charge in [-0.15, -0.1) is 0 Å². The molecule has 1 rings (SSSR count). The quantitative estimate of drug-likeness (QED) is 0.535. The van der Waals surface area contributed by atoms with Crippen molar-refractivity contribution in [3.05, 3.63) is 18.2 Å². The molecule has 20 heavy (non-hydrogen) atoms. The molecule has 0 fully saturated rings. The Balaban J connectivity index is 3.13. The summed E-state index contributed by atoms with van der Waals surface area (Å²) >= 11 is 0. The maximum atomic E-state index is 12.0. The molecule has 114 valence electrons. The van der Waals surface area contributed by atoms with Gasteiger partial charge in [-0.2, -0.15) is 0 Å². The van der Waals surface area contributed by atoms with Gasteiger partial charge in [0.2, 0.25) is 10.0 Å². The van der Waals surface area contributed by atoms with E-state index >= 15 is 0 Å². The molecular formula is C12H21N3O4S. The van der Waals surface area contributed by atoms with Crippen molar-refractivity contribution in [3.63, 3.8) is 0 Å². The van der Waals surface area contributed by atoms with Crippen molar-refractivity contribution in [1.29, 1.82) is 0 Å². The SMILES string of the molecule is CN(C)S(=O)(=O)c1ccc(NC(C)(CO)CO)c(N)c1. The second kappa shape index (κ2) is 5.96. The lowest BCUT2D eigenvalue weighted by molar-refractivity contribution is 0.147. The number of nitrogens with one attached hydrogen (secondary N) is 1. The number of hydrogen-bond acceptors (Lipinski definition) is 6. The fourth-order valence-corrected chi connectivity index (χ4v) is 2.42. The molecule has 0 aliphatic rings. The summed E-state index contributed by atoms with van der Waals surface area (Å²) in [4.78, 5) is 0.0836. The molecule has 0 aromatic heterocycles. The average Bonchev–Trinajstić information content (AvgIpc) is 2.40. The summed E-state index contributed by atoms with van der Waals surface area (Å²) in [6.45, 7) is 1.04. The van der Waals surface area contributed by atoms with E-state index in [4.69, 9.17) is 5.73 Å². The molecule has 1 aromatic rings. The third kappa shape index (κ3) is 3.40. The van der Waals surface area contributed by atoms with E-state index in [-0.39, 0.29) is 23.8 Å². The maximum Gasteiger partial charge on any atom is 0.242 e. The summed E-state index contributed by atoms with van der Waals surface area (Å²) in [6.07, 6.45) is 0. The van der Waals surface area contributed by atoms with Gasteiger partial charge in [0.15, 0.2) is 0 Å². The molecule has 5 N–H and O–H groups in total. The van der Waals surface area contributed by atoms with E-state index in [0.29, 0.717) is 5.69 Å². The Morgan fingerprint density at radius 2 is 1.85 bits per heavy atom. The van der Waals surface area contributed by atoms with Crippen LogP contribution in [0.5, 0.6) is 0 Å². The van der Waals surface area contributed by atoms with Crippen molar-refractivity contribution in [2.75, 3.05) is 38.4 Å². The Morgan fingerprint density at radius 1 is 1.30 bits per heavy atom. The number of hydrogen-bond donors (Lipinski definition) is 4. The van der Waals surface area contributed by atoms with Gasteiger partial charge in [-0.1, -0.05) is 0 Å². The van der Waals surface area contributed by atoms with Gasteiger partial charge in [-0.05, 0) is 25.1 Å². The van der Waals surface area contributed by atoms with Crippen molar-refractivity contribution in [2.45, 2.75) is 17.4 Å². The van der Waals surface area contributed by atoms with Gasteiger partial charge in [0.05, 0.1) is 35.0 Å². The minimum absolute atomic E-state index is 0.0836. The van der Waals surface area contributed by atoms with Crippen LogP contribution in [0, 0.1) is 0 Å². The Kier molecular flexibility index (Phi) is 4.98. The first-order valence-electron chi connectivity index (χ1n) is 5.98. The molecular weight excluding hydrogens is 282 g/mol. The monoisotopic (exact) mass is 303 g/mol. The number of sulfonamides is 1. The highest BCUT2D eigenvalue weighted by Crippen LogP contribution is 2.26. The van der Waals surface area contributed by atoms with Crippen LogP contribution in [0.4, 0.5) is 11.4 Å². The predicted molar refractivity (Wildman–Crippen MR) is 77.9 cm³/mol. The topological polar surface area (TPSA) is 116 Å². The van der Waals surface area contributed by atoms with E-state index in [2.05, 4.69) is 5.32 Å². The van der Waals surface area contributed by atoms with Gasteiger partial charge in [-0.3, -0.25) is 0 Å². The summed E-state index contributed by atoms with van der Waals surface area (Å²) in [5.41, 5.74) is 5.57. The first-order chi connectivity index (χ1) is 9.16. The average molecular weight is 303 g/mol. The largest absolute Gasteiger partial charge is 0.397 e. The molecule has 1 aromatic carbocycles. The highest BCUT2D eigenvalue weighted by atomic mass is 32.2. The van der Waals surface area contributed by atoms with E-state index in [1.54, 1.807) is 6.92 Å². The molecule has 0 atom stereocenters. The minimum Gasteiger partial charge on any atom is -0.397 e. The number of aliphatic hydroxyl groups excluding tert-OH is 2. The molecule has 0 unspecified atom stereocenters. The van der Waals surface area contributed by atoms with Gasteiger partial charge >= 0.3 is 0 Å². The van der Waals surface area contributed by atoms with Crippen LogP contribution in [-0.2, 0) is 10.0 Å². The van der Waals surface area contributed by atoms with Crippen molar-refractivity contribution in [3.8, 4) is 0 Å². The summed E-state index contributed by atoms with van der Waals surface area (Å²) in [5.74, 6) is 0. The highest BCUT2D eigenvalue weighted by Gasteiger charge is 2.24. The van der Waals surface area contributed by atoms with E-state index < -0.39 is 15.6 Å². The van der Waals surface area contributed by atoms with Crippen LogP contribution in [0.3, 0.4) is 0 Å². The first-order valence-corrected chi connectivity index (χ1v) is 7.42. The maximum absolute atomic E-state index is 12.0. The Labute approximate surface area is 119 Å². The van der Waals surface area contributed by atoms with Crippen LogP contribution in [0.25, 0.3) is 0 Å². The fraction of sp³-hybridized carbons (Fsp3) is 0.500. The smallest absolute Gasteiger partial charge is 0.242 e. The summed E-state index contributed by atoms with van der Waals surface area (Å²) in [6, 6.07) is 4.27. The molecule has 0 aliphatic heterocycles. The van der Waals surface area contributed by atoms with Crippen LogP contribution < -0.4 is 11.1 Å². The predicted octanol–water partition coefficient (Wildman–Crippen LogP) is -0.326. The van der Waals surface area contributed by atoms with Crippen molar-refractivity contribution < 1.29 is 18.6 Å². The molecule has 0 radical (unpaired) electrons. The fourth-order valence-electron chi connectivity index (χ4n) is 1.48. The molecule has 0 spiro atoms. The van der Waals surface area contributed by atoms with Crippen LogP contribution in [-0.4, -0.2) is 55.8 Å². The number of nitrogens with zero attached hydrogens (tertiary/aromatic N) is 1. The normalized spacial score (nSPS) is 12.7. The molecule has 7 nitrogen and oxygen atoms in total. The lowest BCUT2D eigenvalue weighted by Gasteiger charge is -2.28. The van der Waals surface area contributed by atoms with E-state index in [0.717, 1.165) is 4.31 Å². The molecule has 8 heteroatoms. The van der Waals surface area contributed by atoms with E-state index in [1.807, 2.05) is 0 Å². The summed E-state index contributed by atoms with van der Waals surface area (Å²) in [5, 5.41) is 21.4.